The molecule has 0 radical (unpaired) electrons. The normalized spacial score (nSPS) is 28.1. The number of hydrogen-bond acceptors (Lipinski definition) is 4. The first-order valence-corrected chi connectivity index (χ1v) is 12.9. The van der Waals surface area contributed by atoms with E-state index in [2.05, 4.69) is 4.18 Å². The van der Waals surface area contributed by atoms with Gasteiger partial charge in [-0.3, -0.25) is 0 Å². The van der Waals surface area contributed by atoms with E-state index in [4.69, 9.17) is 0 Å². The van der Waals surface area contributed by atoms with Crippen molar-refractivity contribution in [1.29, 1.82) is 0 Å². The van der Waals surface area contributed by atoms with Gasteiger partial charge in [-0.15, -0.1) is 11.8 Å². The van der Waals surface area contributed by atoms with Gasteiger partial charge in [0, 0.05) is 16.1 Å². The van der Waals surface area contributed by atoms with Crippen molar-refractivity contribution in [3.05, 3.63) is 24.3 Å². The summed E-state index contributed by atoms with van der Waals surface area (Å²) in [5.41, 5.74) is 0. The highest BCUT2D eigenvalue weighted by molar-refractivity contribution is 8.00. The first-order chi connectivity index (χ1) is 14.1. The molecule has 0 N–H and O–H groups in total. The third-order valence-electron chi connectivity index (χ3n) is 6.79. The molecule has 2 bridgehead atoms. The molecule has 3 aliphatic rings. The highest BCUT2D eigenvalue weighted by Gasteiger charge is 2.72. The van der Waals surface area contributed by atoms with E-state index < -0.39 is 33.1 Å². The topological polar surface area (TPSA) is 43.4 Å². The molecule has 0 amide bonds. The van der Waals surface area contributed by atoms with E-state index in [0.29, 0.717) is 18.1 Å². The maximum atomic E-state index is 14.7. The minimum atomic E-state index is -5.85. The quantitative estimate of drug-likeness (QED) is 0.341. The van der Waals surface area contributed by atoms with E-state index in [9.17, 15) is 26.0 Å². The lowest BCUT2D eigenvalue weighted by Crippen LogP contribution is -2.54. The standard InChI is InChI=1S/C21H26F4O3S2/c22-20(23,19-13-14-6-7-15(19)12-14)21(24,25)30(26,27)28-16-8-10-18(11-9-16)29-17-4-2-1-3-5-17/h8-11,14-15,17,19H,1-7,12-13H2. The SMILES string of the molecule is O=S(=O)(Oc1ccc(SC2CCCCC2)cc1)C(F)(F)C(F)(F)C1CC2CCC1C2. The average Bonchev–Trinajstić information content (AvgIpc) is 3.34. The van der Waals surface area contributed by atoms with Gasteiger partial charge in [0.25, 0.3) is 0 Å². The largest absolute Gasteiger partial charge is 0.442 e. The highest BCUT2D eigenvalue weighted by atomic mass is 32.2. The first-order valence-electron chi connectivity index (χ1n) is 10.6. The molecular weight excluding hydrogens is 440 g/mol. The van der Waals surface area contributed by atoms with Crippen LogP contribution in [-0.4, -0.2) is 24.8 Å². The number of thioether (sulfide) groups is 1. The van der Waals surface area contributed by atoms with E-state index in [1.165, 1.54) is 31.4 Å². The van der Waals surface area contributed by atoms with Gasteiger partial charge < -0.3 is 4.18 Å². The van der Waals surface area contributed by atoms with Gasteiger partial charge in [0.2, 0.25) is 0 Å². The van der Waals surface area contributed by atoms with Gasteiger partial charge in [-0.05, 0) is 68.2 Å². The Morgan fingerprint density at radius 1 is 0.900 bits per heavy atom. The predicted molar refractivity (Wildman–Crippen MR) is 108 cm³/mol. The average molecular weight is 467 g/mol. The zero-order chi connectivity index (χ0) is 21.6. The Kier molecular flexibility index (Phi) is 6.07. The Hall–Kier alpha value is -0.960. The summed E-state index contributed by atoms with van der Waals surface area (Å²) in [6.07, 6.45) is 7.37. The molecule has 0 aromatic heterocycles. The number of hydrogen-bond donors (Lipinski definition) is 0. The molecule has 3 nitrogen and oxygen atoms in total. The van der Waals surface area contributed by atoms with Crippen LogP contribution in [0.3, 0.4) is 0 Å². The van der Waals surface area contributed by atoms with Crippen molar-refractivity contribution in [2.24, 2.45) is 17.8 Å². The van der Waals surface area contributed by atoms with Crippen LogP contribution in [0.5, 0.6) is 5.75 Å². The van der Waals surface area contributed by atoms with E-state index in [0.717, 1.165) is 24.2 Å². The number of fused-ring (bicyclic) bond motifs is 2. The summed E-state index contributed by atoms with van der Waals surface area (Å²) in [6, 6.07) is 5.65. The van der Waals surface area contributed by atoms with Crippen molar-refractivity contribution in [3.8, 4) is 5.75 Å². The monoisotopic (exact) mass is 466 g/mol. The summed E-state index contributed by atoms with van der Waals surface area (Å²) in [5, 5.41) is -4.82. The smallest absolute Gasteiger partial charge is 0.378 e. The molecule has 9 heteroatoms. The van der Waals surface area contributed by atoms with Crippen molar-refractivity contribution in [2.45, 2.75) is 79.1 Å². The third-order valence-corrected chi connectivity index (χ3v) is 9.45. The van der Waals surface area contributed by atoms with Crippen LogP contribution in [0.2, 0.25) is 0 Å². The Bertz CT molecular complexity index is 852. The maximum absolute atomic E-state index is 14.7. The third kappa shape index (κ3) is 4.08. The summed E-state index contributed by atoms with van der Waals surface area (Å²) in [6.45, 7) is 0. The van der Waals surface area contributed by atoms with Crippen LogP contribution >= 0.6 is 11.8 Å². The Balaban J connectivity index is 1.44. The van der Waals surface area contributed by atoms with Gasteiger partial charge in [0.1, 0.15) is 5.75 Å². The zero-order valence-corrected chi connectivity index (χ0v) is 18.2. The van der Waals surface area contributed by atoms with Crippen LogP contribution < -0.4 is 4.18 Å². The molecule has 3 saturated carbocycles. The molecule has 1 aromatic rings. The van der Waals surface area contributed by atoms with Gasteiger partial charge in [-0.1, -0.05) is 25.7 Å². The molecule has 3 unspecified atom stereocenters. The summed E-state index contributed by atoms with van der Waals surface area (Å²) < 4.78 is 87.3. The van der Waals surface area contributed by atoms with Gasteiger partial charge in [0.15, 0.2) is 0 Å². The minimum absolute atomic E-state index is 0.0143. The fraction of sp³-hybridized carbons (Fsp3) is 0.714. The fourth-order valence-electron chi connectivity index (χ4n) is 5.20. The van der Waals surface area contributed by atoms with Gasteiger partial charge in [-0.25, -0.2) is 0 Å². The number of alkyl halides is 4. The van der Waals surface area contributed by atoms with Crippen molar-refractivity contribution in [2.75, 3.05) is 0 Å². The first kappa shape index (κ1) is 22.2. The fourth-order valence-corrected chi connectivity index (χ4v) is 7.40. The predicted octanol–water partition coefficient (Wildman–Crippen LogP) is 6.48. The van der Waals surface area contributed by atoms with Crippen molar-refractivity contribution >= 4 is 21.9 Å². The van der Waals surface area contributed by atoms with Gasteiger partial charge in [0.05, 0.1) is 0 Å². The number of halogens is 4. The second kappa shape index (κ2) is 8.19. The molecule has 3 atom stereocenters. The molecule has 1 aromatic carbocycles. The van der Waals surface area contributed by atoms with Crippen LogP contribution in [-0.2, 0) is 10.1 Å². The molecule has 3 aliphatic carbocycles. The molecule has 30 heavy (non-hydrogen) atoms. The lowest BCUT2D eigenvalue weighted by molar-refractivity contribution is -0.202. The van der Waals surface area contributed by atoms with Crippen LogP contribution in [0.25, 0.3) is 0 Å². The summed E-state index contributed by atoms with van der Waals surface area (Å²) in [7, 11) is -5.85. The molecule has 0 saturated heterocycles. The van der Waals surface area contributed by atoms with Crippen molar-refractivity contribution in [3.63, 3.8) is 0 Å². The molecule has 4 rings (SSSR count). The molecule has 0 aliphatic heterocycles. The lowest BCUT2D eigenvalue weighted by atomic mass is 9.84. The zero-order valence-electron chi connectivity index (χ0n) is 16.5. The Labute approximate surface area is 179 Å². The minimum Gasteiger partial charge on any atom is -0.378 e. The van der Waals surface area contributed by atoms with Crippen LogP contribution in [0, 0.1) is 17.8 Å². The van der Waals surface area contributed by atoms with E-state index >= 15 is 0 Å². The molecule has 3 fully saturated rings. The van der Waals surface area contributed by atoms with Gasteiger partial charge in [-0.2, -0.15) is 26.0 Å². The van der Waals surface area contributed by atoms with Crippen LogP contribution in [0.1, 0.15) is 57.8 Å². The molecule has 0 heterocycles. The maximum Gasteiger partial charge on any atom is 0.442 e. The molecular formula is C21H26F4O3S2. The highest BCUT2D eigenvalue weighted by Crippen LogP contribution is 2.58. The van der Waals surface area contributed by atoms with Crippen molar-refractivity contribution in [1.82, 2.24) is 0 Å². The molecule has 168 valence electrons. The van der Waals surface area contributed by atoms with Gasteiger partial charge >= 0.3 is 21.3 Å². The summed E-state index contributed by atoms with van der Waals surface area (Å²) >= 11 is 1.65. The lowest BCUT2D eigenvalue weighted by Gasteiger charge is -2.34. The van der Waals surface area contributed by atoms with E-state index in [-0.39, 0.29) is 18.1 Å². The van der Waals surface area contributed by atoms with Crippen LogP contribution in [0.4, 0.5) is 17.6 Å². The second-order valence-corrected chi connectivity index (χ2v) is 11.8. The Morgan fingerprint density at radius 3 is 2.13 bits per heavy atom. The van der Waals surface area contributed by atoms with Crippen molar-refractivity contribution < 1.29 is 30.2 Å². The summed E-state index contributed by atoms with van der Waals surface area (Å²) in [5.74, 6) is -7.24. The second-order valence-electron chi connectivity index (χ2n) is 8.81. The van der Waals surface area contributed by atoms with Crippen LogP contribution in [0.15, 0.2) is 29.2 Å². The number of benzene rings is 1. The van der Waals surface area contributed by atoms with E-state index in [1.807, 2.05) is 0 Å². The molecule has 0 spiro atoms. The Morgan fingerprint density at radius 2 is 1.57 bits per heavy atom. The number of rotatable bonds is 7. The van der Waals surface area contributed by atoms with E-state index in [1.54, 1.807) is 23.9 Å². The summed E-state index contributed by atoms with van der Waals surface area (Å²) in [4.78, 5) is 0.866.